The van der Waals surface area contributed by atoms with Gasteiger partial charge >= 0.3 is 0 Å². The average Bonchev–Trinajstić information content (AvgIpc) is 3.13. The fraction of sp³-hybridized carbons (Fsp3) is 0. The molecule has 0 aliphatic heterocycles. The predicted octanol–water partition coefficient (Wildman–Crippen LogP) is 0.638. The molecule has 1 aromatic carbocycles. The average molecular weight is 255 g/mol. The molecule has 94 valence electrons. The number of nitrogens with one attached hydrogen (secondary N) is 2. The second kappa shape index (κ2) is 4.69. The van der Waals surface area contributed by atoms with E-state index in [0.717, 1.165) is 5.69 Å². The van der Waals surface area contributed by atoms with Crippen LogP contribution in [0.25, 0.3) is 5.69 Å². The van der Waals surface area contributed by atoms with Gasteiger partial charge < -0.3 is 5.32 Å². The molecule has 0 fully saturated rings. The number of amides is 1. The molecule has 2 aromatic heterocycles. The van der Waals surface area contributed by atoms with Gasteiger partial charge in [-0.3, -0.25) is 9.36 Å². The lowest BCUT2D eigenvalue weighted by Crippen LogP contribution is -2.12. The van der Waals surface area contributed by atoms with Crippen molar-refractivity contribution in [3.63, 3.8) is 0 Å². The van der Waals surface area contributed by atoms with Crippen LogP contribution in [-0.2, 0) is 0 Å². The second-order valence-corrected chi connectivity index (χ2v) is 3.73. The van der Waals surface area contributed by atoms with Crippen LogP contribution >= 0.6 is 0 Å². The third-order valence-corrected chi connectivity index (χ3v) is 2.47. The van der Waals surface area contributed by atoms with Crippen LogP contribution < -0.4 is 5.32 Å². The Balaban J connectivity index is 1.82. The standard InChI is InChI=1S/C11H9N7O/c19-11(10-5-12-17-16-10)15-8-2-1-3-9(4-8)18-6-13-14-7-18/h1-7H,(H,15,19)(H,12,16,17). The van der Waals surface area contributed by atoms with E-state index in [-0.39, 0.29) is 11.6 Å². The summed E-state index contributed by atoms with van der Waals surface area (Å²) in [6, 6.07) is 7.30. The fourth-order valence-electron chi connectivity index (χ4n) is 1.58. The predicted molar refractivity (Wildman–Crippen MR) is 65.7 cm³/mol. The molecule has 19 heavy (non-hydrogen) atoms. The molecule has 0 atom stereocenters. The van der Waals surface area contributed by atoms with Crippen molar-refractivity contribution < 1.29 is 4.79 Å². The summed E-state index contributed by atoms with van der Waals surface area (Å²) < 4.78 is 1.74. The summed E-state index contributed by atoms with van der Waals surface area (Å²) in [5.41, 5.74) is 1.73. The number of hydrogen-bond acceptors (Lipinski definition) is 5. The zero-order valence-electron chi connectivity index (χ0n) is 9.69. The van der Waals surface area contributed by atoms with E-state index in [1.807, 2.05) is 12.1 Å². The molecule has 0 unspecified atom stereocenters. The molecule has 1 amide bonds. The lowest BCUT2D eigenvalue weighted by Gasteiger charge is -2.06. The van der Waals surface area contributed by atoms with Gasteiger partial charge in [0.05, 0.1) is 11.9 Å². The van der Waals surface area contributed by atoms with Crippen LogP contribution in [0, 0.1) is 0 Å². The summed E-state index contributed by atoms with van der Waals surface area (Å²) in [4.78, 5) is 11.8. The largest absolute Gasteiger partial charge is 0.320 e. The first-order chi connectivity index (χ1) is 9.33. The molecule has 3 aromatic rings. The molecule has 0 bridgehead atoms. The minimum Gasteiger partial charge on any atom is -0.320 e. The second-order valence-electron chi connectivity index (χ2n) is 3.73. The van der Waals surface area contributed by atoms with Crippen molar-refractivity contribution in [3.8, 4) is 5.69 Å². The number of nitrogens with zero attached hydrogens (tertiary/aromatic N) is 5. The lowest BCUT2D eigenvalue weighted by atomic mass is 10.2. The van der Waals surface area contributed by atoms with E-state index in [1.54, 1.807) is 29.4 Å². The minimum atomic E-state index is -0.324. The van der Waals surface area contributed by atoms with Crippen molar-refractivity contribution in [2.24, 2.45) is 0 Å². The smallest absolute Gasteiger partial charge is 0.277 e. The number of benzene rings is 1. The highest BCUT2D eigenvalue weighted by Gasteiger charge is 2.09. The molecule has 2 N–H and O–H groups in total. The summed E-state index contributed by atoms with van der Waals surface area (Å²) in [7, 11) is 0. The third kappa shape index (κ3) is 2.32. The Labute approximate surface area is 107 Å². The first kappa shape index (κ1) is 11.1. The number of carbonyl (C=O) groups excluding carboxylic acids is 1. The van der Waals surface area contributed by atoms with Crippen molar-refractivity contribution in [2.45, 2.75) is 0 Å². The quantitative estimate of drug-likeness (QED) is 0.715. The number of aromatic nitrogens is 6. The van der Waals surface area contributed by atoms with Gasteiger partial charge in [0.25, 0.3) is 5.91 Å². The SMILES string of the molecule is O=C(Nc1cccc(-n2cnnc2)c1)c1cn[nH]n1. The Kier molecular flexibility index (Phi) is 2.73. The summed E-state index contributed by atoms with van der Waals surface area (Å²) in [6.45, 7) is 0. The summed E-state index contributed by atoms with van der Waals surface area (Å²) in [6.07, 6.45) is 4.52. The number of rotatable bonds is 3. The summed E-state index contributed by atoms with van der Waals surface area (Å²) in [5.74, 6) is -0.324. The van der Waals surface area contributed by atoms with Gasteiger partial charge in [-0.25, -0.2) is 0 Å². The Morgan fingerprint density at radius 3 is 2.84 bits per heavy atom. The molecule has 8 nitrogen and oxygen atoms in total. The first-order valence-electron chi connectivity index (χ1n) is 5.45. The van der Waals surface area contributed by atoms with E-state index in [0.29, 0.717) is 5.69 Å². The van der Waals surface area contributed by atoms with Gasteiger partial charge in [0, 0.05) is 5.69 Å². The molecule has 2 heterocycles. The minimum absolute atomic E-state index is 0.231. The molecular formula is C11H9N7O. The van der Waals surface area contributed by atoms with Crippen LogP contribution in [0.4, 0.5) is 5.69 Å². The zero-order chi connectivity index (χ0) is 13.1. The number of aromatic amines is 1. The van der Waals surface area contributed by atoms with E-state index in [9.17, 15) is 4.79 Å². The van der Waals surface area contributed by atoms with Crippen molar-refractivity contribution in [3.05, 3.63) is 48.8 Å². The van der Waals surface area contributed by atoms with Crippen LogP contribution in [-0.4, -0.2) is 36.1 Å². The van der Waals surface area contributed by atoms with E-state index in [2.05, 4.69) is 30.9 Å². The van der Waals surface area contributed by atoms with Crippen LogP contribution in [0.2, 0.25) is 0 Å². The van der Waals surface area contributed by atoms with Gasteiger partial charge in [-0.05, 0) is 18.2 Å². The Morgan fingerprint density at radius 2 is 2.11 bits per heavy atom. The Hall–Kier alpha value is -3.03. The van der Waals surface area contributed by atoms with Gasteiger partial charge in [-0.1, -0.05) is 6.07 Å². The molecule has 0 spiro atoms. The normalized spacial score (nSPS) is 10.3. The van der Waals surface area contributed by atoms with Gasteiger partial charge in [0.15, 0.2) is 5.69 Å². The van der Waals surface area contributed by atoms with E-state index in [4.69, 9.17) is 0 Å². The maximum absolute atomic E-state index is 11.8. The summed E-state index contributed by atoms with van der Waals surface area (Å²) in [5, 5.41) is 19.9. The Morgan fingerprint density at radius 1 is 1.26 bits per heavy atom. The highest BCUT2D eigenvalue weighted by atomic mass is 16.2. The molecule has 0 saturated carbocycles. The van der Waals surface area contributed by atoms with Gasteiger partial charge in [0.1, 0.15) is 12.7 Å². The van der Waals surface area contributed by atoms with Crippen LogP contribution in [0.3, 0.4) is 0 Å². The summed E-state index contributed by atoms with van der Waals surface area (Å²) >= 11 is 0. The maximum Gasteiger partial charge on any atom is 0.277 e. The molecule has 3 rings (SSSR count). The monoisotopic (exact) mass is 255 g/mol. The van der Waals surface area contributed by atoms with Crippen LogP contribution in [0.5, 0.6) is 0 Å². The van der Waals surface area contributed by atoms with Crippen molar-refractivity contribution in [2.75, 3.05) is 5.32 Å². The fourth-order valence-corrected chi connectivity index (χ4v) is 1.58. The molecule has 8 heteroatoms. The van der Waals surface area contributed by atoms with Crippen LogP contribution in [0.1, 0.15) is 10.5 Å². The molecule has 0 aliphatic carbocycles. The van der Waals surface area contributed by atoms with Gasteiger partial charge in [0.2, 0.25) is 0 Å². The molecular weight excluding hydrogens is 246 g/mol. The number of H-pyrrole nitrogens is 1. The van der Waals surface area contributed by atoms with Crippen LogP contribution in [0.15, 0.2) is 43.1 Å². The van der Waals surface area contributed by atoms with E-state index < -0.39 is 0 Å². The number of carbonyl (C=O) groups is 1. The maximum atomic E-state index is 11.8. The molecule has 0 radical (unpaired) electrons. The number of hydrogen-bond donors (Lipinski definition) is 2. The van der Waals surface area contributed by atoms with Gasteiger partial charge in [-0.15, -0.1) is 10.2 Å². The zero-order valence-corrected chi connectivity index (χ0v) is 9.69. The van der Waals surface area contributed by atoms with Crippen molar-refractivity contribution in [1.29, 1.82) is 0 Å². The van der Waals surface area contributed by atoms with Crippen molar-refractivity contribution in [1.82, 2.24) is 30.2 Å². The highest BCUT2D eigenvalue weighted by Crippen LogP contribution is 2.14. The topological polar surface area (TPSA) is 101 Å². The molecule has 0 saturated heterocycles. The van der Waals surface area contributed by atoms with E-state index >= 15 is 0 Å². The number of anilines is 1. The first-order valence-corrected chi connectivity index (χ1v) is 5.45. The lowest BCUT2D eigenvalue weighted by molar-refractivity contribution is 0.102. The Bertz CT molecular complexity index is 675. The third-order valence-electron chi connectivity index (χ3n) is 2.47. The van der Waals surface area contributed by atoms with Gasteiger partial charge in [-0.2, -0.15) is 15.4 Å². The highest BCUT2D eigenvalue weighted by molar-refractivity contribution is 6.02. The molecule has 0 aliphatic rings. The van der Waals surface area contributed by atoms with E-state index in [1.165, 1.54) is 6.20 Å². The van der Waals surface area contributed by atoms with Crippen molar-refractivity contribution >= 4 is 11.6 Å².